The summed E-state index contributed by atoms with van der Waals surface area (Å²) in [7, 11) is 0. The van der Waals surface area contributed by atoms with Gasteiger partial charge in [0.25, 0.3) is 0 Å². The lowest BCUT2D eigenvalue weighted by molar-refractivity contribution is -0.122. The number of hydrogen-bond donors (Lipinski definition) is 3. The summed E-state index contributed by atoms with van der Waals surface area (Å²) < 4.78 is 0. The Morgan fingerprint density at radius 1 is 1.40 bits per heavy atom. The quantitative estimate of drug-likeness (QED) is 0.754. The van der Waals surface area contributed by atoms with E-state index in [9.17, 15) is 9.90 Å². The molecule has 1 aliphatic heterocycles. The van der Waals surface area contributed by atoms with Gasteiger partial charge in [-0.2, -0.15) is 0 Å². The van der Waals surface area contributed by atoms with Gasteiger partial charge in [-0.15, -0.1) is 0 Å². The molecule has 1 aliphatic rings. The first kappa shape index (κ1) is 14.8. The van der Waals surface area contributed by atoms with Gasteiger partial charge in [0, 0.05) is 24.5 Å². The average molecular weight is 278 g/mol. The van der Waals surface area contributed by atoms with Gasteiger partial charge < -0.3 is 20.4 Å². The number of aliphatic hydroxyl groups is 2. The highest BCUT2D eigenvalue weighted by atomic mass is 16.3. The molecule has 0 radical (unpaired) electrons. The first-order chi connectivity index (χ1) is 9.41. The average Bonchev–Trinajstić information content (AvgIpc) is 2.63. The van der Waals surface area contributed by atoms with Crippen LogP contribution in [-0.2, 0) is 10.2 Å². The highest BCUT2D eigenvalue weighted by Gasteiger charge is 2.43. The Balaban J connectivity index is 2.28. The zero-order chi connectivity index (χ0) is 14.9. The second-order valence-corrected chi connectivity index (χ2v) is 5.62. The van der Waals surface area contributed by atoms with Crippen molar-refractivity contribution < 1.29 is 15.0 Å². The normalized spacial score (nSPS) is 18.1. The number of likely N-dealkylation sites (N-methyl/N-ethyl adjacent to an activating group) is 1. The Morgan fingerprint density at radius 2 is 2.10 bits per heavy atom. The van der Waals surface area contributed by atoms with Crippen molar-refractivity contribution in [1.29, 1.82) is 0 Å². The van der Waals surface area contributed by atoms with Gasteiger partial charge in [-0.1, -0.05) is 0 Å². The maximum Gasteiger partial charge on any atom is 0.237 e. The molecular weight excluding hydrogens is 256 g/mol. The summed E-state index contributed by atoms with van der Waals surface area (Å²) in [5.41, 5.74) is 2.26. The Morgan fingerprint density at radius 3 is 2.70 bits per heavy atom. The number of anilines is 2. The minimum absolute atomic E-state index is 0.113. The third-order valence-corrected chi connectivity index (χ3v) is 3.81. The first-order valence-electron chi connectivity index (χ1n) is 6.91. The van der Waals surface area contributed by atoms with E-state index >= 15 is 0 Å². The standard InChI is InChI=1S/C15H22N2O3/c1-4-17-13-6-5-10(16-8-11(19)9-18)7-12(13)15(2,3)14(17)20/h5-7,11,16,18-19H,4,8-9H2,1-3H3. The predicted molar refractivity (Wildman–Crippen MR) is 79.1 cm³/mol. The second kappa shape index (κ2) is 5.42. The fourth-order valence-corrected chi connectivity index (χ4v) is 2.56. The molecule has 2 rings (SSSR count). The summed E-state index contributed by atoms with van der Waals surface area (Å²) in [5.74, 6) is 0.113. The Bertz CT molecular complexity index is 514. The lowest BCUT2D eigenvalue weighted by atomic mass is 9.86. The molecule has 5 heteroatoms. The molecule has 1 heterocycles. The number of benzene rings is 1. The summed E-state index contributed by atoms with van der Waals surface area (Å²) in [6, 6.07) is 5.77. The molecule has 0 aromatic heterocycles. The van der Waals surface area contributed by atoms with Crippen LogP contribution < -0.4 is 10.2 Å². The molecule has 0 bridgehead atoms. The van der Waals surface area contributed by atoms with E-state index in [2.05, 4.69) is 5.32 Å². The molecular formula is C15H22N2O3. The maximum atomic E-state index is 12.4. The van der Waals surface area contributed by atoms with Crippen LogP contribution in [0.4, 0.5) is 11.4 Å². The number of fused-ring (bicyclic) bond motifs is 1. The zero-order valence-electron chi connectivity index (χ0n) is 12.2. The van der Waals surface area contributed by atoms with E-state index < -0.39 is 11.5 Å². The van der Waals surface area contributed by atoms with Crippen molar-refractivity contribution in [2.75, 3.05) is 29.9 Å². The van der Waals surface area contributed by atoms with E-state index in [4.69, 9.17) is 5.11 Å². The van der Waals surface area contributed by atoms with Crippen molar-refractivity contribution in [2.45, 2.75) is 32.3 Å². The third-order valence-electron chi connectivity index (χ3n) is 3.81. The summed E-state index contributed by atoms with van der Waals surface area (Å²) in [5, 5.41) is 21.2. The molecule has 1 amide bonds. The van der Waals surface area contributed by atoms with Gasteiger partial charge in [0.1, 0.15) is 0 Å². The molecule has 3 N–H and O–H groups in total. The third kappa shape index (κ3) is 2.39. The van der Waals surface area contributed by atoms with E-state index in [1.807, 2.05) is 39.0 Å². The van der Waals surface area contributed by atoms with Crippen molar-refractivity contribution in [1.82, 2.24) is 0 Å². The van der Waals surface area contributed by atoms with Crippen molar-refractivity contribution in [3.8, 4) is 0 Å². The van der Waals surface area contributed by atoms with Crippen molar-refractivity contribution in [3.63, 3.8) is 0 Å². The van der Waals surface area contributed by atoms with E-state index in [1.54, 1.807) is 4.90 Å². The molecule has 0 saturated carbocycles. The SMILES string of the molecule is CCN1C(=O)C(C)(C)c2cc(NCC(O)CO)ccc21. The number of aliphatic hydroxyl groups excluding tert-OH is 2. The van der Waals surface area contributed by atoms with Gasteiger partial charge in [0.05, 0.1) is 18.1 Å². The molecule has 20 heavy (non-hydrogen) atoms. The van der Waals surface area contributed by atoms with Gasteiger partial charge in [-0.05, 0) is 44.5 Å². The van der Waals surface area contributed by atoms with Crippen LogP contribution in [0.25, 0.3) is 0 Å². The van der Waals surface area contributed by atoms with Crippen LogP contribution in [0.1, 0.15) is 26.3 Å². The molecule has 1 aromatic carbocycles. The number of rotatable bonds is 5. The van der Waals surface area contributed by atoms with E-state index in [0.29, 0.717) is 6.54 Å². The van der Waals surface area contributed by atoms with Gasteiger partial charge in [-0.25, -0.2) is 0 Å². The summed E-state index contributed by atoms with van der Waals surface area (Å²) in [6.45, 7) is 6.48. The van der Waals surface area contributed by atoms with Crippen LogP contribution in [0.2, 0.25) is 0 Å². The molecule has 1 unspecified atom stereocenters. The number of carbonyl (C=O) groups excluding carboxylic acids is 1. The van der Waals surface area contributed by atoms with Crippen molar-refractivity contribution in [2.24, 2.45) is 0 Å². The van der Waals surface area contributed by atoms with Gasteiger partial charge in [0.15, 0.2) is 0 Å². The van der Waals surface area contributed by atoms with Crippen LogP contribution in [-0.4, -0.2) is 41.9 Å². The molecule has 1 aromatic rings. The Kier molecular flexibility index (Phi) is 4.01. The fourth-order valence-electron chi connectivity index (χ4n) is 2.56. The Hall–Kier alpha value is -1.59. The molecule has 0 aliphatic carbocycles. The molecule has 110 valence electrons. The van der Waals surface area contributed by atoms with Crippen molar-refractivity contribution >= 4 is 17.3 Å². The van der Waals surface area contributed by atoms with Crippen LogP contribution in [0.5, 0.6) is 0 Å². The minimum Gasteiger partial charge on any atom is -0.394 e. The topological polar surface area (TPSA) is 72.8 Å². The highest BCUT2D eigenvalue weighted by Crippen LogP contribution is 2.42. The van der Waals surface area contributed by atoms with Crippen LogP contribution >= 0.6 is 0 Å². The molecule has 0 fully saturated rings. The van der Waals surface area contributed by atoms with Crippen LogP contribution in [0.15, 0.2) is 18.2 Å². The lowest BCUT2D eigenvalue weighted by Gasteiger charge is -2.18. The largest absolute Gasteiger partial charge is 0.394 e. The van der Waals surface area contributed by atoms with Gasteiger partial charge in [0.2, 0.25) is 5.91 Å². The molecule has 1 atom stereocenters. The highest BCUT2D eigenvalue weighted by molar-refractivity contribution is 6.07. The van der Waals surface area contributed by atoms with Crippen LogP contribution in [0.3, 0.4) is 0 Å². The summed E-state index contributed by atoms with van der Waals surface area (Å²) in [6.07, 6.45) is -0.787. The van der Waals surface area contributed by atoms with E-state index in [0.717, 1.165) is 16.9 Å². The van der Waals surface area contributed by atoms with E-state index in [-0.39, 0.29) is 19.1 Å². The number of nitrogens with zero attached hydrogens (tertiary/aromatic N) is 1. The Labute approximate surface area is 119 Å². The smallest absolute Gasteiger partial charge is 0.237 e. The number of carbonyl (C=O) groups is 1. The lowest BCUT2D eigenvalue weighted by Crippen LogP contribution is -2.35. The minimum atomic E-state index is -0.787. The molecule has 5 nitrogen and oxygen atoms in total. The second-order valence-electron chi connectivity index (χ2n) is 5.62. The number of nitrogens with one attached hydrogen (secondary N) is 1. The maximum absolute atomic E-state index is 12.4. The first-order valence-corrected chi connectivity index (χ1v) is 6.91. The van der Waals surface area contributed by atoms with E-state index in [1.165, 1.54) is 0 Å². The van der Waals surface area contributed by atoms with Crippen LogP contribution in [0, 0.1) is 0 Å². The summed E-state index contributed by atoms with van der Waals surface area (Å²) in [4.78, 5) is 14.2. The monoisotopic (exact) mass is 278 g/mol. The summed E-state index contributed by atoms with van der Waals surface area (Å²) >= 11 is 0. The fraction of sp³-hybridized carbons (Fsp3) is 0.533. The van der Waals surface area contributed by atoms with Crippen molar-refractivity contribution in [3.05, 3.63) is 23.8 Å². The predicted octanol–water partition coefficient (Wildman–Crippen LogP) is 1.10. The van der Waals surface area contributed by atoms with Gasteiger partial charge >= 0.3 is 0 Å². The number of hydrogen-bond acceptors (Lipinski definition) is 4. The molecule has 0 spiro atoms. The van der Waals surface area contributed by atoms with Gasteiger partial charge in [-0.3, -0.25) is 4.79 Å². The number of amides is 1. The molecule has 0 saturated heterocycles. The zero-order valence-corrected chi connectivity index (χ0v) is 12.2.